The van der Waals surface area contributed by atoms with E-state index in [1.54, 1.807) is 0 Å². The molecule has 71 heavy (non-hydrogen) atoms. The average molecular weight is 904 g/mol. The minimum absolute atomic E-state index is 0.228. The van der Waals surface area contributed by atoms with Crippen molar-refractivity contribution in [1.29, 1.82) is 0 Å². The van der Waals surface area contributed by atoms with Gasteiger partial charge in [0.05, 0.1) is 33.4 Å². The van der Waals surface area contributed by atoms with Crippen LogP contribution in [-0.2, 0) is 11.8 Å². The third-order valence-electron chi connectivity index (χ3n) is 16.4. The molecule has 332 valence electrons. The van der Waals surface area contributed by atoms with Gasteiger partial charge in [-0.2, -0.15) is 0 Å². The highest BCUT2D eigenvalue weighted by Gasteiger charge is 2.39. The van der Waals surface area contributed by atoms with E-state index in [0.717, 1.165) is 23.5 Å². The van der Waals surface area contributed by atoms with Crippen LogP contribution in [0.4, 0.5) is 17.1 Å². The summed E-state index contributed by atoms with van der Waals surface area (Å²) < 4.78 is 4.92. The smallest absolute Gasteiger partial charge is 0.0562 e. The van der Waals surface area contributed by atoms with Crippen LogP contribution in [0.2, 0.25) is 0 Å². The Labute approximate surface area is 410 Å². The molecule has 14 aromatic rings. The monoisotopic (exact) mass is 903 g/mol. The molecular weight excluding hydrogens is 859 g/mol. The fourth-order valence-corrected chi connectivity index (χ4v) is 13.1. The van der Waals surface area contributed by atoms with Crippen LogP contribution in [0.15, 0.2) is 224 Å². The molecule has 0 saturated carbocycles. The van der Waals surface area contributed by atoms with Gasteiger partial charge in [0, 0.05) is 50.4 Å². The zero-order valence-corrected chi connectivity index (χ0v) is 39.4. The summed E-state index contributed by atoms with van der Waals surface area (Å²) in [6.45, 7) is 4.87. The maximum absolute atomic E-state index is 2.57. The van der Waals surface area contributed by atoms with E-state index in [1.807, 2.05) is 0 Å². The summed E-state index contributed by atoms with van der Waals surface area (Å²) in [7, 11) is 0. The highest BCUT2D eigenvalue weighted by molar-refractivity contribution is 6.26. The van der Waals surface area contributed by atoms with E-state index >= 15 is 0 Å². The van der Waals surface area contributed by atoms with Crippen molar-refractivity contribution in [2.75, 3.05) is 4.90 Å². The number of hydrogen-bond donors (Lipinski definition) is 0. The second-order valence-electron chi connectivity index (χ2n) is 20.5. The van der Waals surface area contributed by atoms with Crippen LogP contribution in [0, 0.1) is 0 Å². The molecule has 2 aromatic heterocycles. The molecule has 0 saturated heterocycles. The molecule has 16 rings (SSSR count). The predicted molar refractivity (Wildman–Crippen MR) is 300 cm³/mol. The molecule has 0 fully saturated rings. The SMILES string of the molecule is CC1(C)c2cc3c(cc2-c2cc4c5ccccc5c5ccccc5c4cc21)Cc1cc2ccccc2cc1N3c1cccc(-n2c3ccccc3c3cc4c5ccccc5n(-c5ccccc5)c4cc32)c1. The fraction of sp³-hybridized carbons (Fsp3) is 0.0588. The van der Waals surface area contributed by atoms with Crippen LogP contribution in [0.5, 0.6) is 0 Å². The summed E-state index contributed by atoms with van der Waals surface area (Å²) in [6, 6.07) is 84.5. The van der Waals surface area contributed by atoms with Crippen molar-refractivity contribution in [2.45, 2.75) is 25.7 Å². The third-order valence-corrected chi connectivity index (χ3v) is 16.4. The lowest BCUT2D eigenvalue weighted by Crippen LogP contribution is -2.21. The Hall–Kier alpha value is -8.92. The lowest BCUT2D eigenvalue weighted by molar-refractivity contribution is 0.661. The van der Waals surface area contributed by atoms with Crippen LogP contribution in [0.3, 0.4) is 0 Å². The van der Waals surface area contributed by atoms with E-state index in [-0.39, 0.29) is 5.41 Å². The van der Waals surface area contributed by atoms with Gasteiger partial charge in [0.2, 0.25) is 0 Å². The van der Waals surface area contributed by atoms with Crippen LogP contribution < -0.4 is 4.90 Å². The quantitative estimate of drug-likeness (QED) is 0.161. The zero-order valence-electron chi connectivity index (χ0n) is 39.4. The van der Waals surface area contributed by atoms with E-state index in [1.165, 1.54) is 131 Å². The number of rotatable bonds is 3. The summed E-state index contributed by atoms with van der Waals surface area (Å²) in [5, 5.41) is 15.4. The summed E-state index contributed by atoms with van der Waals surface area (Å²) >= 11 is 0. The summed E-state index contributed by atoms with van der Waals surface area (Å²) in [6.07, 6.45) is 0.855. The molecule has 0 bridgehead atoms. The highest BCUT2D eigenvalue weighted by atomic mass is 15.2. The number of fused-ring (bicyclic) bond motifs is 18. The van der Waals surface area contributed by atoms with Gasteiger partial charge in [-0.3, -0.25) is 0 Å². The Kier molecular flexibility index (Phi) is 7.74. The van der Waals surface area contributed by atoms with Crippen molar-refractivity contribution in [3.05, 3.63) is 247 Å². The van der Waals surface area contributed by atoms with Gasteiger partial charge in [-0.1, -0.05) is 147 Å². The second-order valence-corrected chi connectivity index (χ2v) is 20.5. The van der Waals surface area contributed by atoms with Gasteiger partial charge in [0.15, 0.2) is 0 Å². The van der Waals surface area contributed by atoms with E-state index < -0.39 is 0 Å². The Morgan fingerprint density at radius 3 is 1.46 bits per heavy atom. The molecule has 3 heteroatoms. The molecule has 0 radical (unpaired) electrons. The van der Waals surface area contributed by atoms with Crippen molar-refractivity contribution >= 4 is 104 Å². The van der Waals surface area contributed by atoms with Gasteiger partial charge in [-0.05, 0) is 167 Å². The lowest BCUT2D eigenvalue weighted by atomic mass is 9.80. The Morgan fingerprint density at radius 1 is 0.310 bits per heavy atom. The first kappa shape index (κ1) is 39.0. The number of anilines is 3. The molecule has 0 spiro atoms. The molecule has 1 aliphatic carbocycles. The Morgan fingerprint density at radius 2 is 0.789 bits per heavy atom. The first-order chi connectivity index (χ1) is 35.0. The molecule has 3 nitrogen and oxygen atoms in total. The summed E-state index contributed by atoms with van der Waals surface area (Å²) in [5.74, 6) is 0. The number of nitrogens with zero attached hydrogens (tertiary/aromatic N) is 3. The van der Waals surface area contributed by atoms with Gasteiger partial charge in [0.1, 0.15) is 0 Å². The van der Waals surface area contributed by atoms with Gasteiger partial charge < -0.3 is 14.0 Å². The topological polar surface area (TPSA) is 13.1 Å². The van der Waals surface area contributed by atoms with Crippen LogP contribution >= 0.6 is 0 Å². The summed E-state index contributed by atoms with van der Waals surface area (Å²) in [4.78, 5) is 2.57. The number of para-hydroxylation sites is 3. The average Bonchev–Trinajstić information content (AvgIpc) is 4.00. The van der Waals surface area contributed by atoms with E-state index in [9.17, 15) is 0 Å². The molecule has 3 heterocycles. The van der Waals surface area contributed by atoms with Crippen LogP contribution in [-0.4, -0.2) is 9.13 Å². The molecule has 0 N–H and O–H groups in total. The second kappa shape index (κ2) is 14.1. The molecule has 0 amide bonds. The minimum Gasteiger partial charge on any atom is -0.310 e. The third kappa shape index (κ3) is 5.33. The van der Waals surface area contributed by atoms with Crippen LogP contribution in [0.25, 0.3) is 109 Å². The van der Waals surface area contributed by atoms with Gasteiger partial charge >= 0.3 is 0 Å². The maximum atomic E-state index is 2.57. The van der Waals surface area contributed by atoms with Crippen molar-refractivity contribution in [2.24, 2.45) is 0 Å². The standard InChI is InChI=1S/C68H45N3/c1-68(2)60-38-55-51-26-11-9-24-49(51)48-23-8-10-25-50(48)54(55)36-57(60)56-33-44-32-43-31-41-17-6-7-18-42(41)34-64(43)71(65(44)39-61(56)68)47-22-16-21-46(35-47)70-63-30-15-13-28-53(63)59-37-58-52-27-12-14-29-62(52)69(66(58)40-67(59)70)45-19-4-3-5-20-45/h3-31,33-40H,32H2,1-2H3. The van der Waals surface area contributed by atoms with E-state index in [4.69, 9.17) is 0 Å². The van der Waals surface area contributed by atoms with Crippen molar-refractivity contribution in [1.82, 2.24) is 9.13 Å². The van der Waals surface area contributed by atoms with E-state index in [2.05, 4.69) is 252 Å². The van der Waals surface area contributed by atoms with Crippen molar-refractivity contribution in [3.63, 3.8) is 0 Å². The first-order valence-corrected chi connectivity index (χ1v) is 25.0. The summed E-state index contributed by atoms with van der Waals surface area (Å²) in [5.41, 5.74) is 18.6. The van der Waals surface area contributed by atoms with Gasteiger partial charge in [0.25, 0.3) is 0 Å². The Bertz CT molecular complexity index is 4640. The van der Waals surface area contributed by atoms with Gasteiger partial charge in [-0.15, -0.1) is 0 Å². The highest BCUT2D eigenvalue weighted by Crippen LogP contribution is 2.56. The molecule has 1 aliphatic heterocycles. The maximum Gasteiger partial charge on any atom is 0.0562 e. The molecule has 0 atom stereocenters. The lowest BCUT2D eigenvalue weighted by Gasteiger charge is -2.35. The molecule has 0 unspecified atom stereocenters. The normalized spacial score (nSPS) is 13.8. The fourth-order valence-electron chi connectivity index (χ4n) is 13.1. The predicted octanol–water partition coefficient (Wildman–Crippen LogP) is 18.2. The van der Waals surface area contributed by atoms with Crippen molar-refractivity contribution in [3.8, 4) is 22.5 Å². The van der Waals surface area contributed by atoms with Crippen molar-refractivity contribution < 1.29 is 0 Å². The first-order valence-electron chi connectivity index (χ1n) is 25.0. The number of hydrogen-bond acceptors (Lipinski definition) is 1. The minimum atomic E-state index is -0.228. The van der Waals surface area contributed by atoms with Gasteiger partial charge in [-0.25, -0.2) is 0 Å². The molecule has 12 aromatic carbocycles. The largest absolute Gasteiger partial charge is 0.310 e. The number of benzene rings is 12. The number of aromatic nitrogens is 2. The zero-order chi connectivity index (χ0) is 46.7. The van der Waals surface area contributed by atoms with E-state index in [0.29, 0.717) is 0 Å². The Balaban J connectivity index is 0.928. The molecule has 2 aliphatic rings. The molecular formula is C68H45N3. The van der Waals surface area contributed by atoms with Crippen LogP contribution in [0.1, 0.15) is 36.1 Å².